The highest BCUT2D eigenvalue weighted by molar-refractivity contribution is 5.90. The summed E-state index contributed by atoms with van der Waals surface area (Å²) >= 11 is 0. The number of likely N-dealkylation sites (tertiary alicyclic amines) is 2. The molecular formula is C29H43N5O5. The Morgan fingerprint density at radius 3 is 2.46 bits per heavy atom. The quantitative estimate of drug-likeness (QED) is 0.339. The Hall–Kier alpha value is -3.14. The highest BCUT2D eigenvalue weighted by Crippen LogP contribution is 2.28. The number of ether oxygens (including phenoxy) is 1. The second-order valence-corrected chi connectivity index (χ2v) is 11.0. The van der Waals surface area contributed by atoms with Gasteiger partial charge < -0.3 is 30.7 Å². The predicted molar refractivity (Wildman–Crippen MR) is 147 cm³/mol. The Morgan fingerprint density at radius 2 is 1.69 bits per heavy atom. The number of carbonyl (C=O) groups excluding carboxylic acids is 3. The minimum absolute atomic E-state index is 0.0414. The number of hydrogen-bond donors (Lipinski definition) is 3. The molecule has 1 saturated carbocycles. The summed E-state index contributed by atoms with van der Waals surface area (Å²) in [5.74, 6) is 0.369. The molecule has 1 aromatic rings. The van der Waals surface area contributed by atoms with Gasteiger partial charge in [0.1, 0.15) is 18.9 Å². The van der Waals surface area contributed by atoms with Gasteiger partial charge in [0.05, 0.1) is 6.04 Å². The third-order valence-electron chi connectivity index (χ3n) is 8.23. The minimum Gasteiger partial charge on any atom is -0.443 e. The molecule has 0 radical (unpaired) electrons. The molecule has 3 aliphatic rings. The molecule has 10 nitrogen and oxygen atoms in total. The van der Waals surface area contributed by atoms with Crippen molar-refractivity contribution in [3.05, 3.63) is 35.9 Å². The molecule has 3 fully saturated rings. The normalized spacial score (nSPS) is 24.4. The number of aliphatic imine (C=N–C) groups is 1. The van der Waals surface area contributed by atoms with Crippen LogP contribution in [0, 0.1) is 5.92 Å². The number of nitrogens with two attached hydrogens (primary N) is 1. The molecule has 1 aromatic carbocycles. The summed E-state index contributed by atoms with van der Waals surface area (Å²) in [6.07, 6.45) is 9.51. The Morgan fingerprint density at radius 1 is 0.974 bits per heavy atom. The molecule has 10 heteroatoms. The Kier molecular flexibility index (Phi) is 10.6. The molecule has 214 valence electrons. The molecule has 1 aliphatic carbocycles. The van der Waals surface area contributed by atoms with Crippen molar-refractivity contribution >= 4 is 23.9 Å². The van der Waals surface area contributed by atoms with E-state index < -0.39 is 24.4 Å². The molecule has 0 spiro atoms. The molecule has 2 saturated heterocycles. The van der Waals surface area contributed by atoms with E-state index in [1.165, 1.54) is 37.0 Å². The van der Waals surface area contributed by atoms with Crippen LogP contribution in [0.1, 0.15) is 82.6 Å². The van der Waals surface area contributed by atoms with Gasteiger partial charge in [0.15, 0.2) is 0 Å². The van der Waals surface area contributed by atoms with E-state index in [0.717, 1.165) is 30.7 Å². The molecule has 39 heavy (non-hydrogen) atoms. The fourth-order valence-electron chi connectivity index (χ4n) is 6.06. The van der Waals surface area contributed by atoms with E-state index in [9.17, 15) is 19.5 Å². The molecule has 4 N–H and O–H groups in total. The summed E-state index contributed by atoms with van der Waals surface area (Å²) in [6.45, 7) is 1.04. The van der Waals surface area contributed by atoms with E-state index in [-0.39, 0.29) is 24.4 Å². The maximum Gasteiger partial charge on any atom is 0.437 e. The zero-order valence-electron chi connectivity index (χ0n) is 22.8. The van der Waals surface area contributed by atoms with E-state index in [1.54, 1.807) is 4.90 Å². The maximum atomic E-state index is 13.2. The van der Waals surface area contributed by atoms with Crippen molar-refractivity contribution in [3.63, 3.8) is 0 Å². The molecule has 1 unspecified atom stereocenters. The monoisotopic (exact) mass is 541 g/mol. The van der Waals surface area contributed by atoms with Crippen molar-refractivity contribution in [2.75, 3.05) is 13.1 Å². The van der Waals surface area contributed by atoms with Gasteiger partial charge in [0.2, 0.25) is 17.8 Å². The smallest absolute Gasteiger partial charge is 0.437 e. The van der Waals surface area contributed by atoms with E-state index in [4.69, 9.17) is 10.5 Å². The molecule has 3 atom stereocenters. The molecule has 2 heterocycles. The maximum absolute atomic E-state index is 13.2. The van der Waals surface area contributed by atoms with Gasteiger partial charge in [-0.05, 0) is 50.0 Å². The standard InChI is InChI=1S/C29H43N5O5/c30-28(32-29(38)39-20-22-12-5-2-6-13-22)34-19-8-15-23(27(34)37)31-26(36)24-16-9-18-33(24)25(35)17-7-14-21-10-3-1-4-11-21/h2,5-6,12-13,21,23-24,27,37H,1,3-4,7-11,14-20H2,(H,31,36)(H2,30,32,38)/t23-,24-,27?/m0/s1. The number of amides is 3. The van der Waals surface area contributed by atoms with Gasteiger partial charge in [-0.3, -0.25) is 9.59 Å². The van der Waals surface area contributed by atoms with Gasteiger partial charge >= 0.3 is 6.09 Å². The summed E-state index contributed by atoms with van der Waals surface area (Å²) < 4.78 is 5.16. The minimum atomic E-state index is -1.14. The van der Waals surface area contributed by atoms with Crippen LogP contribution in [0.2, 0.25) is 0 Å². The Labute approximate surface area is 231 Å². The first kappa shape index (κ1) is 28.9. The summed E-state index contributed by atoms with van der Waals surface area (Å²) in [5.41, 5.74) is 6.86. The zero-order valence-corrected chi connectivity index (χ0v) is 22.8. The lowest BCUT2D eigenvalue weighted by Gasteiger charge is -2.39. The molecular weight excluding hydrogens is 498 g/mol. The summed E-state index contributed by atoms with van der Waals surface area (Å²) in [5, 5.41) is 13.9. The summed E-state index contributed by atoms with van der Waals surface area (Å²) in [7, 11) is 0. The number of piperidine rings is 1. The first-order valence-corrected chi connectivity index (χ1v) is 14.5. The van der Waals surface area contributed by atoms with E-state index in [0.29, 0.717) is 38.8 Å². The van der Waals surface area contributed by atoms with Crippen molar-refractivity contribution in [1.82, 2.24) is 15.1 Å². The third kappa shape index (κ3) is 8.17. The number of rotatable bonds is 8. The number of benzene rings is 1. The van der Waals surface area contributed by atoms with Crippen LogP contribution in [-0.4, -0.2) is 70.2 Å². The molecule has 3 amide bonds. The first-order chi connectivity index (χ1) is 18.9. The van der Waals surface area contributed by atoms with Gasteiger partial charge in [-0.2, -0.15) is 0 Å². The summed E-state index contributed by atoms with van der Waals surface area (Å²) in [4.78, 5) is 45.2. The van der Waals surface area contributed by atoms with Gasteiger partial charge in [-0.1, -0.05) is 62.4 Å². The average Bonchev–Trinajstić information content (AvgIpc) is 3.45. The van der Waals surface area contributed by atoms with Crippen molar-refractivity contribution in [3.8, 4) is 0 Å². The van der Waals surface area contributed by atoms with Crippen LogP contribution in [0.25, 0.3) is 0 Å². The number of hydrogen-bond acceptors (Lipinski definition) is 5. The van der Waals surface area contributed by atoms with Crippen molar-refractivity contribution in [2.24, 2.45) is 16.6 Å². The van der Waals surface area contributed by atoms with Crippen LogP contribution < -0.4 is 11.1 Å². The van der Waals surface area contributed by atoms with Crippen molar-refractivity contribution < 1.29 is 24.2 Å². The highest BCUT2D eigenvalue weighted by atomic mass is 16.5. The average molecular weight is 542 g/mol. The van der Waals surface area contributed by atoms with Crippen LogP contribution in [-0.2, 0) is 20.9 Å². The van der Waals surface area contributed by atoms with Crippen LogP contribution in [0.5, 0.6) is 0 Å². The lowest BCUT2D eigenvalue weighted by Crippen LogP contribution is -2.60. The highest BCUT2D eigenvalue weighted by Gasteiger charge is 2.38. The number of carbonyl (C=O) groups is 3. The van der Waals surface area contributed by atoms with Crippen LogP contribution in [0.3, 0.4) is 0 Å². The van der Waals surface area contributed by atoms with E-state index in [1.807, 2.05) is 30.3 Å². The fraction of sp³-hybridized carbons (Fsp3) is 0.655. The van der Waals surface area contributed by atoms with Crippen molar-refractivity contribution in [2.45, 2.75) is 102 Å². The zero-order chi connectivity index (χ0) is 27.6. The largest absolute Gasteiger partial charge is 0.443 e. The van der Waals surface area contributed by atoms with Crippen LogP contribution in [0.15, 0.2) is 35.3 Å². The predicted octanol–water partition coefficient (Wildman–Crippen LogP) is 3.28. The topological polar surface area (TPSA) is 138 Å². The van der Waals surface area contributed by atoms with Crippen LogP contribution in [0.4, 0.5) is 4.79 Å². The number of aliphatic hydroxyl groups excluding tert-OH is 1. The van der Waals surface area contributed by atoms with Gasteiger partial charge in [0, 0.05) is 19.5 Å². The molecule has 0 bridgehead atoms. The Bertz CT molecular complexity index is 997. The van der Waals surface area contributed by atoms with Gasteiger partial charge in [-0.15, -0.1) is 4.99 Å². The summed E-state index contributed by atoms with van der Waals surface area (Å²) in [6, 6.07) is 8.11. The van der Waals surface area contributed by atoms with Gasteiger partial charge in [-0.25, -0.2) is 4.79 Å². The van der Waals surface area contributed by atoms with Crippen molar-refractivity contribution in [1.29, 1.82) is 0 Å². The number of nitrogens with zero attached hydrogens (tertiary/aromatic N) is 3. The van der Waals surface area contributed by atoms with E-state index >= 15 is 0 Å². The number of aliphatic hydroxyl groups is 1. The number of guanidine groups is 1. The van der Waals surface area contributed by atoms with E-state index in [2.05, 4.69) is 10.3 Å². The van der Waals surface area contributed by atoms with Crippen LogP contribution >= 0.6 is 0 Å². The first-order valence-electron chi connectivity index (χ1n) is 14.5. The molecule has 4 rings (SSSR count). The van der Waals surface area contributed by atoms with Gasteiger partial charge in [0.25, 0.3) is 0 Å². The lowest BCUT2D eigenvalue weighted by molar-refractivity contribution is -0.139. The molecule has 2 aliphatic heterocycles. The molecule has 0 aromatic heterocycles. The Balaban J connectivity index is 1.26. The lowest BCUT2D eigenvalue weighted by atomic mass is 9.86. The second kappa shape index (κ2) is 14.3. The number of nitrogens with one attached hydrogen (secondary N) is 1. The SMILES string of the molecule is N/C(=N\C(=O)OCc1ccccc1)N1CCC[C@H](NC(=O)[C@@H]2CCCN2C(=O)CCCC2CCCCC2)C1O. The fourth-order valence-corrected chi connectivity index (χ4v) is 6.06. The third-order valence-corrected chi connectivity index (χ3v) is 8.23. The second-order valence-electron chi connectivity index (χ2n) is 11.0.